The minimum atomic E-state index is -0.142. The number of hydrogen-bond acceptors (Lipinski definition) is 6. The van der Waals surface area contributed by atoms with E-state index in [0.29, 0.717) is 25.5 Å². The standard InChI is InChI=1S/C13H19N3O3S/c1-3-19-11(17)5-4-6-14-9-10-12(18-2)15-13-16(10)7-8-20-13/h7-8,14H,3-6,9H2,1-2H3. The second-order valence-corrected chi connectivity index (χ2v) is 5.08. The van der Waals surface area contributed by atoms with Crippen molar-refractivity contribution in [1.29, 1.82) is 0 Å². The molecule has 0 aromatic carbocycles. The number of nitrogens with one attached hydrogen (secondary N) is 1. The molecule has 2 heterocycles. The zero-order valence-corrected chi connectivity index (χ0v) is 12.5. The molecule has 0 aliphatic rings. The van der Waals surface area contributed by atoms with Crippen molar-refractivity contribution in [3.8, 4) is 5.88 Å². The Hall–Kier alpha value is -1.60. The van der Waals surface area contributed by atoms with Crippen LogP contribution >= 0.6 is 11.3 Å². The van der Waals surface area contributed by atoms with Crippen molar-refractivity contribution < 1.29 is 14.3 Å². The molecule has 0 radical (unpaired) electrons. The summed E-state index contributed by atoms with van der Waals surface area (Å²) in [7, 11) is 1.62. The Bertz CT molecular complexity index is 564. The van der Waals surface area contributed by atoms with Crippen molar-refractivity contribution in [2.45, 2.75) is 26.3 Å². The molecule has 0 aliphatic carbocycles. The topological polar surface area (TPSA) is 64.9 Å². The van der Waals surface area contributed by atoms with E-state index in [0.717, 1.165) is 23.6 Å². The fourth-order valence-electron chi connectivity index (χ4n) is 1.93. The van der Waals surface area contributed by atoms with Crippen LogP contribution < -0.4 is 10.1 Å². The molecule has 0 spiro atoms. The van der Waals surface area contributed by atoms with Crippen LogP contribution in [0.2, 0.25) is 0 Å². The van der Waals surface area contributed by atoms with Crippen molar-refractivity contribution >= 4 is 22.3 Å². The molecular formula is C13H19N3O3S. The highest BCUT2D eigenvalue weighted by atomic mass is 32.1. The Kier molecular flexibility index (Phi) is 5.37. The third-order valence-corrected chi connectivity index (χ3v) is 3.61. The average molecular weight is 297 g/mol. The number of carbonyl (C=O) groups excluding carboxylic acids is 1. The number of aromatic nitrogens is 2. The number of nitrogens with zero attached hydrogens (tertiary/aromatic N) is 2. The highest BCUT2D eigenvalue weighted by Gasteiger charge is 2.12. The van der Waals surface area contributed by atoms with Gasteiger partial charge in [0.2, 0.25) is 5.88 Å². The first-order valence-corrected chi connectivity index (χ1v) is 7.49. The molecule has 0 saturated heterocycles. The first-order chi connectivity index (χ1) is 9.76. The molecule has 6 nitrogen and oxygen atoms in total. The van der Waals surface area contributed by atoms with Gasteiger partial charge in [0.05, 0.1) is 13.7 Å². The minimum absolute atomic E-state index is 0.142. The molecule has 0 saturated carbocycles. The van der Waals surface area contributed by atoms with E-state index in [1.807, 2.05) is 22.9 Å². The van der Waals surface area contributed by atoms with E-state index in [-0.39, 0.29) is 5.97 Å². The van der Waals surface area contributed by atoms with Gasteiger partial charge in [0.1, 0.15) is 5.69 Å². The third-order valence-electron chi connectivity index (χ3n) is 2.85. The molecule has 2 rings (SSSR count). The summed E-state index contributed by atoms with van der Waals surface area (Å²) in [5.74, 6) is 0.506. The first-order valence-electron chi connectivity index (χ1n) is 6.61. The summed E-state index contributed by atoms with van der Waals surface area (Å²) < 4.78 is 12.2. The number of fused-ring (bicyclic) bond motifs is 1. The fourth-order valence-corrected chi connectivity index (χ4v) is 2.66. The molecule has 20 heavy (non-hydrogen) atoms. The number of rotatable bonds is 8. The smallest absolute Gasteiger partial charge is 0.305 e. The van der Waals surface area contributed by atoms with Crippen LogP contribution in [-0.2, 0) is 16.1 Å². The number of esters is 1. The highest BCUT2D eigenvalue weighted by Crippen LogP contribution is 2.22. The van der Waals surface area contributed by atoms with Gasteiger partial charge in [-0.25, -0.2) is 0 Å². The van der Waals surface area contributed by atoms with Gasteiger partial charge in [0.25, 0.3) is 0 Å². The summed E-state index contributed by atoms with van der Waals surface area (Å²) in [4.78, 5) is 16.5. The lowest BCUT2D eigenvalue weighted by atomic mass is 10.3. The molecule has 7 heteroatoms. The molecule has 2 aromatic heterocycles. The number of imidazole rings is 1. The second-order valence-electron chi connectivity index (χ2n) is 4.21. The predicted molar refractivity (Wildman–Crippen MR) is 77.2 cm³/mol. The van der Waals surface area contributed by atoms with Gasteiger partial charge in [-0.3, -0.25) is 9.20 Å². The van der Waals surface area contributed by atoms with Crippen LogP contribution in [-0.4, -0.2) is 35.6 Å². The SMILES string of the molecule is CCOC(=O)CCCNCc1c(OC)nc2sccn12. The summed E-state index contributed by atoms with van der Waals surface area (Å²) in [6.45, 7) is 3.66. The lowest BCUT2D eigenvalue weighted by Gasteiger charge is -2.06. The van der Waals surface area contributed by atoms with Crippen LogP contribution in [0.25, 0.3) is 4.96 Å². The average Bonchev–Trinajstić information content (AvgIpc) is 3.00. The van der Waals surface area contributed by atoms with Gasteiger partial charge in [0.15, 0.2) is 4.96 Å². The van der Waals surface area contributed by atoms with Gasteiger partial charge in [-0.15, -0.1) is 11.3 Å². The van der Waals surface area contributed by atoms with Gasteiger partial charge < -0.3 is 14.8 Å². The van der Waals surface area contributed by atoms with E-state index >= 15 is 0 Å². The molecule has 2 aromatic rings. The Morgan fingerprint density at radius 3 is 3.15 bits per heavy atom. The molecule has 0 fully saturated rings. The summed E-state index contributed by atoms with van der Waals surface area (Å²) in [6, 6.07) is 0. The van der Waals surface area contributed by atoms with Crippen LogP contribution in [0.15, 0.2) is 11.6 Å². The lowest BCUT2D eigenvalue weighted by molar-refractivity contribution is -0.143. The summed E-state index contributed by atoms with van der Waals surface area (Å²) >= 11 is 1.57. The maximum atomic E-state index is 11.2. The Morgan fingerprint density at radius 2 is 2.40 bits per heavy atom. The third kappa shape index (κ3) is 3.49. The zero-order valence-electron chi connectivity index (χ0n) is 11.7. The van der Waals surface area contributed by atoms with Crippen molar-refractivity contribution in [3.05, 3.63) is 17.3 Å². The largest absolute Gasteiger partial charge is 0.480 e. The minimum Gasteiger partial charge on any atom is -0.480 e. The number of thiazole rings is 1. The molecule has 0 unspecified atom stereocenters. The van der Waals surface area contributed by atoms with Crippen LogP contribution in [0, 0.1) is 0 Å². The van der Waals surface area contributed by atoms with Crippen LogP contribution in [0.3, 0.4) is 0 Å². The molecule has 1 N–H and O–H groups in total. The summed E-state index contributed by atoms with van der Waals surface area (Å²) in [6.07, 6.45) is 3.18. The van der Waals surface area contributed by atoms with Gasteiger partial charge in [0, 0.05) is 24.5 Å². The number of carbonyl (C=O) groups is 1. The van der Waals surface area contributed by atoms with Crippen LogP contribution in [0.1, 0.15) is 25.5 Å². The van der Waals surface area contributed by atoms with E-state index in [1.54, 1.807) is 18.4 Å². The Labute approximate surface area is 121 Å². The van der Waals surface area contributed by atoms with Gasteiger partial charge >= 0.3 is 5.97 Å². The van der Waals surface area contributed by atoms with Crippen molar-refractivity contribution in [2.75, 3.05) is 20.3 Å². The molecule has 0 atom stereocenters. The number of methoxy groups -OCH3 is 1. The molecule has 0 aliphatic heterocycles. The van der Waals surface area contributed by atoms with Crippen molar-refractivity contribution in [3.63, 3.8) is 0 Å². The quantitative estimate of drug-likeness (QED) is 0.595. The summed E-state index contributed by atoms with van der Waals surface area (Å²) in [5, 5.41) is 5.29. The van der Waals surface area contributed by atoms with Gasteiger partial charge in [-0.1, -0.05) is 0 Å². The molecule has 0 amide bonds. The fraction of sp³-hybridized carbons (Fsp3) is 0.538. The predicted octanol–water partition coefficient (Wildman–Crippen LogP) is 1.84. The normalized spacial score (nSPS) is 10.9. The van der Waals surface area contributed by atoms with Crippen molar-refractivity contribution in [2.24, 2.45) is 0 Å². The van der Waals surface area contributed by atoms with Crippen LogP contribution in [0.4, 0.5) is 0 Å². The van der Waals surface area contributed by atoms with E-state index in [9.17, 15) is 4.79 Å². The highest BCUT2D eigenvalue weighted by molar-refractivity contribution is 7.15. The maximum absolute atomic E-state index is 11.2. The number of hydrogen-bond donors (Lipinski definition) is 1. The number of ether oxygens (including phenoxy) is 2. The summed E-state index contributed by atoms with van der Waals surface area (Å²) in [5.41, 5.74) is 1.000. The molecule has 0 bridgehead atoms. The first kappa shape index (κ1) is 14.8. The Morgan fingerprint density at radius 1 is 1.55 bits per heavy atom. The van der Waals surface area contributed by atoms with Gasteiger partial charge in [-0.2, -0.15) is 4.98 Å². The lowest BCUT2D eigenvalue weighted by Crippen LogP contribution is -2.17. The monoisotopic (exact) mass is 297 g/mol. The van der Waals surface area contributed by atoms with Crippen molar-refractivity contribution in [1.82, 2.24) is 14.7 Å². The van der Waals surface area contributed by atoms with Crippen LogP contribution in [0.5, 0.6) is 5.88 Å². The van der Waals surface area contributed by atoms with E-state index in [1.165, 1.54) is 0 Å². The molecule has 110 valence electrons. The Balaban J connectivity index is 1.80. The van der Waals surface area contributed by atoms with E-state index in [4.69, 9.17) is 9.47 Å². The molecular weight excluding hydrogens is 278 g/mol. The second kappa shape index (κ2) is 7.25. The zero-order chi connectivity index (χ0) is 14.4. The van der Waals surface area contributed by atoms with Gasteiger partial charge in [-0.05, 0) is 19.9 Å². The van der Waals surface area contributed by atoms with E-state index < -0.39 is 0 Å². The van der Waals surface area contributed by atoms with E-state index in [2.05, 4.69) is 10.3 Å². The maximum Gasteiger partial charge on any atom is 0.305 e.